The zero-order valence-corrected chi connectivity index (χ0v) is 19.6. The molecule has 0 bridgehead atoms. The van der Waals surface area contributed by atoms with Crippen LogP contribution in [0.4, 0.5) is 5.69 Å². The molecule has 4 aromatic rings. The number of ether oxygens (including phenoxy) is 1. The molecule has 0 radical (unpaired) electrons. The van der Waals surface area contributed by atoms with E-state index in [-0.39, 0.29) is 23.0 Å². The third-order valence-corrected chi connectivity index (χ3v) is 6.22. The Labute approximate surface area is 200 Å². The van der Waals surface area contributed by atoms with Crippen molar-refractivity contribution in [2.75, 3.05) is 18.2 Å². The number of Topliss-reactive ketones (excluding diaryl/α,β-unsaturated/α-hetero) is 1. The number of para-hydroxylation sites is 2. The number of nitrogens with one attached hydrogen (secondary N) is 1. The van der Waals surface area contributed by atoms with E-state index in [1.807, 2.05) is 30.3 Å². The van der Waals surface area contributed by atoms with Gasteiger partial charge in [-0.15, -0.1) is 0 Å². The topological polar surface area (TPSA) is 90.3 Å². The summed E-state index contributed by atoms with van der Waals surface area (Å²) in [6.45, 7) is 1.76. The van der Waals surface area contributed by atoms with E-state index >= 15 is 0 Å². The zero-order chi connectivity index (χ0) is 24.1. The number of methoxy groups -OCH3 is 1. The number of anilines is 1. The maximum atomic E-state index is 13.3. The Morgan fingerprint density at radius 1 is 1.00 bits per heavy atom. The number of hydrogen-bond donors (Lipinski definition) is 1. The molecule has 172 valence electrons. The van der Waals surface area contributed by atoms with Crippen LogP contribution >= 0.6 is 11.8 Å². The predicted octanol–water partition coefficient (Wildman–Crippen LogP) is 4.39. The molecule has 0 aliphatic heterocycles. The molecule has 1 N–H and O–H groups in total. The minimum Gasteiger partial charge on any atom is -0.497 e. The van der Waals surface area contributed by atoms with Crippen molar-refractivity contribution in [3.8, 4) is 5.75 Å². The van der Waals surface area contributed by atoms with Crippen LogP contribution in [0.3, 0.4) is 0 Å². The summed E-state index contributed by atoms with van der Waals surface area (Å²) in [6.07, 6.45) is 0. The van der Waals surface area contributed by atoms with Crippen LogP contribution < -0.4 is 15.6 Å². The summed E-state index contributed by atoms with van der Waals surface area (Å²) in [7, 11) is 1.60. The van der Waals surface area contributed by atoms with E-state index < -0.39 is 0 Å². The zero-order valence-electron chi connectivity index (χ0n) is 18.8. The molecule has 0 aliphatic carbocycles. The number of ketones is 1. The second-order valence-electron chi connectivity index (χ2n) is 7.59. The van der Waals surface area contributed by atoms with Crippen molar-refractivity contribution >= 4 is 40.0 Å². The number of aromatic nitrogens is 2. The van der Waals surface area contributed by atoms with Crippen LogP contribution in [-0.4, -0.2) is 34.1 Å². The van der Waals surface area contributed by atoms with Crippen LogP contribution in [-0.2, 0) is 11.3 Å². The molecule has 1 aromatic heterocycles. The summed E-state index contributed by atoms with van der Waals surface area (Å²) in [4.78, 5) is 42.4. The number of benzene rings is 3. The van der Waals surface area contributed by atoms with Crippen molar-refractivity contribution in [2.24, 2.45) is 0 Å². The van der Waals surface area contributed by atoms with E-state index in [4.69, 9.17) is 4.74 Å². The number of hydrogen-bond acceptors (Lipinski definition) is 6. The summed E-state index contributed by atoms with van der Waals surface area (Å²) >= 11 is 1.17. The van der Waals surface area contributed by atoms with E-state index in [2.05, 4.69) is 10.3 Å². The van der Waals surface area contributed by atoms with Gasteiger partial charge >= 0.3 is 0 Å². The van der Waals surface area contributed by atoms with Crippen molar-refractivity contribution in [3.05, 3.63) is 94.3 Å². The first-order chi connectivity index (χ1) is 16.5. The van der Waals surface area contributed by atoms with Crippen LogP contribution in [0.25, 0.3) is 10.9 Å². The number of fused-ring (bicyclic) bond motifs is 1. The van der Waals surface area contributed by atoms with Crippen LogP contribution in [0.15, 0.2) is 82.7 Å². The Balaban J connectivity index is 1.60. The highest BCUT2D eigenvalue weighted by Crippen LogP contribution is 2.21. The number of carbonyl (C=O) groups excluding carboxylic acids is 2. The van der Waals surface area contributed by atoms with Crippen molar-refractivity contribution in [1.29, 1.82) is 0 Å². The Hall–Kier alpha value is -3.91. The van der Waals surface area contributed by atoms with Crippen LogP contribution in [0, 0.1) is 0 Å². The molecule has 0 spiro atoms. The van der Waals surface area contributed by atoms with Crippen LogP contribution in [0.2, 0.25) is 0 Å². The average molecular weight is 474 g/mol. The number of carbonyl (C=O) groups is 2. The normalized spacial score (nSPS) is 10.8. The minimum atomic E-state index is -0.294. The first-order valence-corrected chi connectivity index (χ1v) is 11.6. The molecule has 3 aromatic carbocycles. The average Bonchev–Trinajstić information content (AvgIpc) is 2.85. The molecule has 4 rings (SSSR count). The van der Waals surface area contributed by atoms with Gasteiger partial charge in [-0.1, -0.05) is 48.2 Å². The molecule has 1 amide bonds. The van der Waals surface area contributed by atoms with E-state index in [0.717, 1.165) is 11.3 Å². The molecule has 0 aliphatic rings. The Morgan fingerprint density at radius 3 is 2.44 bits per heavy atom. The lowest BCUT2D eigenvalue weighted by Gasteiger charge is -2.14. The standard InChI is InChI=1S/C26H23N3O4S/c1-17(30)20-7-3-5-9-22(20)27-24(31)16-34-26-28-23-10-6-4-8-21(23)25(32)29(26)15-18-11-13-19(33-2)14-12-18/h3-14H,15-16H2,1-2H3,(H,27,31). The van der Waals surface area contributed by atoms with Crippen molar-refractivity contribution < 1.29 is 14.3 Å². The van der Waals surface area contributed by atoms with Gasteiger partial charge in [0.1, 0.15) is 5.75 Å². The van der Waals surface area contributed by atoms with E-state index in [9.17, 15) is 14.4 Å². The Morgan fingerprint density at radius 2 is 1.71 bits per heavy atom. The van der Waals surface area contributed by atoms with Gasteiger partial charge in [0.25, 0.3) is 5.56 Å². The van der Waals surface area contributed by atoms with Crippen molar-refractivity contribution in [2.45, 2.75) is 18.6 Å². The lowest BCUT2D eigenvalue weighted by molar-refractivity contribution is -0.113. The first-order valence-electron chi connectivity index (χ1n) is 10.6. The van der Waals surface area contributed by atoms with Gasteiger partial charge in [-0.3, -0.25) is 19.0 Å². The van der Waals surface area contributed by atoms with Crippen LogP contribution in [0.5, 0.6) is 5.75 Å². The van der Waals surface area contributed by atoms with Gasteiger partial charge < -0.3 is 10.1 Å². The van der Waals surface area contributed by atoms with Gasteiger partial charge in [0.15, 0.2) is 10.9 Å². The molecular formula is C26H23N3O4S. The fourth-order valence-electron chi connectivity index (χ4n) is 3.53. The smallest absolute Gasteiger partial charge is 0.262 e. The minimum absolute atomic E-state index is 0.0274. The highest BCUT2D eigenvalue weighted by molar-refractivity contribution is 7.99. The van der Waals surface area contributed by atoms with Gasteiger partial charge in [0.05, 0.1) is 36.0 Å². The molecule has 34 heavy (non-hydrogen) atoms. The molecule has 0 saturated heterocycles. The summed E-state index contributed by atoms with van der Waals surface area (Å²) in [6, 6.07) is 21.5. The Bertz CT molecular complexity index is 1410. The van der Waals surface area contributed by atoms with E-state index in [1.54, 1.807) is 54.1 Å². The highest BCUT2D eigenvalue weighted by Gasteiger charge is 2.15. The third kappa shape index (κ3) is 5.18. The molecule has 0 unspecified atom stereocenters. The molecule has 0 atom stereocenters. The van der Waals surface area contributed by atoms with E-state index in [1.165, 1.54) is 18.7 Å². The van der Waals surface area contributed by atoms with Crippen LogP contribution in [0.1, 0.15) is 22.8 Å². The van der Waals surface area contributed by atoms with Crippen molar-refractivity contribution in [1.82, 2.24) is 9.55 Å². The quantitative estimate of drug-likeness (QED) is 0.232. The summed E-state index contributed by atoms with van der Waals surface area (Å²) in [5, 5.41) is 3.74. The highest BCUT2D eigenvalue weighted by atomic mass is 32.2. The van der Waals surface area contributed by atoms with Gasteiger partial charge in [0.2, 0.25) is 5.91 Å². The largest absolute Gasteiger partial charge is 0.497 e. The lowest BCUT2D eigenvalue weighted by Crippen LogP contribution is -2.25. The molecular weight excluding hydrogens is 450 g/mol. The molecule has 7 nitrogen and oxygen atoms in total. The summed E-state index contributed by atoms with van der Waals surface area (Å²) < 4.78 is 6.79. The second kappa shape index (κ2) is 10.4. The van der Waals surface area contributed by atoms with Gasteiger partial charge in [-0.2, -0.15) is 0 Å². The maximum Gasteiger partial charge on any atom is 0.262 e. The molecule has 0 fully saturated rings. The fraction of sp³-hybridized carbons (Fsp3) is 0.154. The first kappa shape index (κ1) is 23.3. The predicted molar refractivity (Wildman–Crippen MR) is 134 cm³/mol. The molecule has 0 saturated carbocycles. The summed E-state index contributed by atoms with van der Waals surface area (Å²) in [5.74, 6) is 0.328. The van der Waals surface area contributed by atoms with Gasteiger partial charge in [-0.25, -0.2) is 4.98 Å². The number of nitrogens with zero attached hydrogens (tertiary/aromatic N) is 2. The van der Waals surface area contributed by atoms with Gasteiger partial charge in [-0.05, 0) is 48.9 Å². The Kier molecular flexibility index (Phi) is 7.08. The maximum absolute atomic E-state index is 13.3. The molecule has 8 heteroatoms. The van der Waals surface area contributed by atoms with E-state index in [0.29, 0.717) is 33.9 Å². The van der Waals surface area contributed by atoms with Crippen molar-refractivity contribution in [3.63, 3.8) is 0 Å². The number of amides is 1. The summed E-state index contributed by atoms with van der Waals surface area (Å²) in [5.41, 5.74) is 2.21. The number of thioether (sulfide) groups is 1. The second-order valence-corrected chi connectivity index (χ2v) is 8.53. The number of rotatable bonds is 8. The monoisotopic (exact) mass is 473 g/mol. The third-order valence-electron chi connectivity index (χ3n) is 5.24. The SMILES string of the molecule is COc1ccc(Cn2c(SCC(=O)Nc3ccccc3C(C)=O)nc3ccccc3c2=O)cc1. The molecule has 1 heterocycles. The fourth-order valence-corrected chi connectivity index (χ4v) is 4.32. The van der Waals surface area contributed by atoms with Gasteiger partial charge in [0, 0.05) is 5.56 Å². The lowest BCUT2D eigenvalue weighted by atomic mass is 10.1.